The number of benzene rings is 1. The summed E-state index contributed by atoms with van der Waals surface area (Å²) in [7, 11) is 1.85. The van der Waals surface area contributed by atoms with Crippen LogP contribution in [-0.2, 0) is 17.0 Å². The average Bonchev–Trinajstić information content (AvgIpc) is 2.62. The molecule has 0 unspecified atom stereocenters. The van der Waals surface area contributed by atoms with Crippen LogP contribution in [0.2, 0.25) is 0 Å². The second-order valence-corrected chi connectivity index (χ2v) is 7.21. The van der Waals surface area contributed by atoms with Crippen molar-refractivity contribution in [1.82, 2.24) is 9.80 Å². The standard InChI is InChI=1S/C20H33N3OS/c1-6-17-9-11-18(12-10-17)15-25-19(16(4)21)20(24)22(5)13-14-23(7-2)8-3/h9-12H,6-8,13-15,21H2,1-5H3/b19-16-. The van der Waals surface area contributed by atoms with Crippen LogP contribution in [0, 0.1) is 0 Å². The lowest BCUT2D eigenvalue weighted by atomic mass is 10.1. The van der Waals surface area contributed by atoms with E-state index in [1.54, 1.807) is 11.8 Å². The molecule has 0 radical (unpaired) electrons. The molecule has 1 amide bonds. The molecule has 0 aromatic heterocycles. The lowest BCUT2D eigenvalue weighted by Crippen LogP contribution is -2.37. The number of hydrogen-bond acceptors (Lipinski definition) is 4. The molecule has 0 heterocycles. The molecule has 0 atom stereocenters. The van der Waals surface area contributed by atoms with Gasteiger partial charge in [0.2, 0.25) is 0 Å². The summed E-state index contributed by atoms with van der Waals surface area (Å²) in [5.74, 6) is 0.770. The number of nitrogens with two attached hydrogens (primary N) is 1. The number of rotatable bonds is 10. The highest BCUT2D eigenvalue weighted by atomic mass is 32.2. The topological polar surface area (TPSA) is 49.6 Å². The maximum absolute atomic E-state index is 12.7. The molecule has 5 heteroatoms. The minimum absolute atomic E-state index is 0.0161. The van der Waals surface area contributed by atoms with Gasteiger partial charge in [0, 0.05) is 31.6 Å². The summed E-state index contributed by atoms with van der Waals surface area (Å²) in [5, 5.41) is 0. The monoisotopic (exact) mass is 363 g/mol. The SMILES string of the molecule is CCc1ccc(CS/C(C(=O)N(C)CCN(CC)CC)=C(/C)N)cc1. The third-order valence-corrected chi connectivity index (χ3v) is 5.62. The molecular formula is C20H33N3OS. The van der Waals surface area contributed by atoms with Crippen molar-refractivity contribution in [1.29, 1.82) is 0 Å². The van der Waals surface area contributed by atoms with Crippen molar-refractivity contribution in [3.63, 3.8) is 0 Å². The summed E-state index contributed by atoms with van der Waals surface area (Å²) in [6, 6.07) is 8.55. The van der Waals surface area contributed by atoms with Crippen LogP contribution in [0.15, 0.2) is 34.9 Å². The molecule has 0 aliphatic rings. The van der Waals surface area contributed by atoms with Crippen LogP contribution in [0.25, 0.3) is 0 Å². The molecule has 1 rings (SSSR count). The molecule has 0 saturated carbocycles. The van der Waals surface area contributed by atoms with E-state index in [0.717, 1.165) is 31.8 Å². The molecule has 0 saturated heterocycles. The van der Waals surface area contributed by atoms with Crippen LogP contribution < -0.4 is 5.73 Å². The van der Waals surface area contributed by atoms with E-state index in [1.807, 2.05) is 7.05 Å². The number of likely N-dealkylation sites (N-methyl/N-ethyl adjacent to an activating group) is 2. The molecule has 0 spiro atoms. The van der Waals surface area contributed by atoms with E-state index in [2.05, 4.69) is 49.9 Å². The molecule has 2 N–H and O–H groups in total. The summed E-state index contributed by atoms with van der Waals surface area (Å²) in [4.78, 5) is 17.5. The number of carbonyl (C=O) groups is 1. The van der Waals surface area contributed by atoms with Gasteiger partial charge in [-0.2, -0.15) is 0 Å². The number of amides is 1. The van der Waals surface area contributed by atoms with Crippen LogP contribution in [0.3, 0.4) is 0 Å². The minimum Gasteiger partial charge on any atom is -0.401 e. The van der Waals surface area contributed by atoms with Gasteiger partial charge in [-0.15, -0.1) is 11.8 Å². The Morgan fingerprint density at radius 2 is 1.60 bits per heavy atom. The highest BCUT2D eigenvalue weighted by Gasteiger charge is 2.18. The first kappa shape index (κ1) is 21.6. The maximum Gasteiger partial charge on any atom is 0.261 e. The molecule has 0 bridgehead atoms. The summed E-state index contributed by atoms with van der Waals surface area (Å²) >= 11 is 1.53. The Bertz CT molecular complexity index is 561. The Morgan fingerprint density at radius 1 is 1.04 bits per heavy atom. The van der Waals surface area contributed by atoms with E-state index in [4.69, 9.17) is 5.73 Å². The molecule has 0 aliphatic carbocycles. The Labute approximate surface area is 157 Å². The van der Waals surface area contributed by atoms with Gasteiger partial charge < -0.3 is 15.5 Å². The maximum atomic E-state index is 12.7. The quantitative estimate of drug-likeness (QED) is 0.647. The van der Waals surface area contributed by atoms with E-state index < -0.39 is 0 Å². The summed E-state index contributed by atoms with van der Waals surface area (Å²) in [6.07, 6.45) is 1.04. The predicted octanol–water partition coefficient (Wildman–Crippen LogP) is 3.47. The van der Waals surface area contributed by atoms with Crippen molar-refractivity contribution in [2.45, 2.75) is 39.9 Å². The smallest absolute Gasteiger partial charge is 0.261 e. The second kappa shape index (κ2) is 11.2. The number of thioether (sulfide) groups is 1. The van der Waals surface area contributed by atoms with Crippen LogP contribution in [0.1, 0.15) is 38.8 Å². The van der Waals surface area contributed by atoms with E-state index in [-0.39, 0.29) is 5.91 Å². The lowest BCUT2D eigenvalue weighted by molar-refractivity contribution is -0.125. The molecule has 0 fully saturated rings. The number of nitrogens with zero attached hydrogens (tertiary/aromatic N) is 2. The van der Waals surface area contributed by atoms with Crippen molar-refractivity contribution in [2.75, 3.05) is 33.2 Å². The Morgan fingerprint density at radius 3 is 2.08 bits per heavy atom. The Hall–Kier alpha value is -1.46. The fourth-order valence-corrected chi connectivity index (χ4v) is 3.49. The summed E-state index contributed by atoms with van der Waals surface area (Å²) in [6.45, 7) is 11.8. The van der Waals surface area contributed by atoms with Gasteiger partial charge in [-0.1, -0.05) is 45.0 Å². The fourth-order valence-electron chi connectivity index (χ4n) is 2.48. The van der Waals surface area contributed by atoms with Gasteiger partial charge in [0.1, 0.15) is 0 Å². The molecule has 1 aromatic rings. The normalized spacial score (nSPS) is 12.2. The van der Waals surface area contributed by atoms with Gasteiger partial charge >= 0.3 is 0 Å². The van der Waals surface area contributed by atoms with Crippen molar-refractivity contribution in [3.8, 4) is 0 Å². The van der Waals surface area contributed by atoms with E-state index in [1.165, 1.54) is 22.9 Å². The third kappa shape index (κ3) is 7.12. The highest BCUT2D eigenvalue weighted by Crippen LogP contribution is 2.25. The Kier molecular flexibility index (Phi) is 9.68. The summed E-state index contributed by atoms with van der Waals surface area (Å²) < 4.78 is 0. The molecule has 4 nitrogen and oxygen atoms in total. The van der Waals surface area contributed by atoms with Gasteiger partial charge in [-0.05, 0) is 37.6 Å². The zero-order chi connectivity index (χ0) is 18.8. The van der Waals surface area contributed by atoms with E-state index in [0.29, 0.717) is 17.1 Å². The molecular weight excluding hydrogens is 330 g/mol. The third-order valence-electron chi connectivity index (χ3n) is 4.36. The zero-order valence-corrected chi connectivity index (χ0v) is 17.2. The molecule has 25 heavy (non-hydrogen) atoms. The van der Waals surface area contributed by atoms with Gasteiger partial charge in [-0.25, -0.2) is 0 Å². The highest BCUT2D eigenvalue weighted by molar-refractivity contribution is 8.03. The number of carbonyl (C=O) groups excluding carboxylic acids is 1. The Balaban J connectivity index is 2.65. The first-order chi connectivity index (χ1) is 11.9. The van der Waals surface area contributed by atoms with Crippen LogP contribution in [0.5, 0.6) is 0 Å². The van der Waals surface area contributed by atoms with Gasteiger partial charge in [0.25, 0.3) is 5.91 Å². The zero-order valence-electron chi connectivity index (χ0n) is 16.3. The largest absolute Gasteiger partial charge is 0.401 e. The predicted molar refractivity (Wildman–Crippen MR) is 109 cm³/mol. The van der Waals surface area contributed by atoms with Gasteiger partial charge in [-0.3, -0.25) is 4.79 Å². The van der Waals surface area contributed by atoms with Crippen LogP contribution >= 0.6 is 11.8 Å². The molecule has 140 valence electrons. The molecule has 1 aromatic carbocycles. The first-order valence-electron chi connectivity index (χ1n) is 9.07. The van der Waals surface area contributed by atoms with Gasteiger partial charge in [0.15, 0.2) is 0 Å². The number of aryl methyl sites for hydroxylation is 1. The van der Waals surface area contributed by atoms with Crippen LogP contribution in [-0.4, -0.2) is 48.9 Å². The van der Waals surface area contributed by atoms with Gasteiger partial charge in [0.05, 0.1) is 4.91 Å². The summed E-state index contributed by atoms with van der Waals surface area (Å²) in [5.41, 5.74) is 9.12. The lowest BCUT2D eigenvalue weighted by Gasteiger charge is -2.24. The van der Waals surface area contributed by atoms with E-state index >= 15 is 0 Å². The number of hydrogen-bond donors (Lipinski definition) is 1. The average molecular weight is 364 g/mol. The van der Waals surface area contributed by atoms with E-state index in [9.17, 15) is 4.79 Å². The second-order valence-electron chi connectivity index (χ2n) is 6.22. The van der Waals surface area contributed by atoms with Crippen molar-refractivity contribution in [3.05, 3.63) is 46.0 Å². The van der Waals surface area contributed by atoms with Crippen LogP contribution in [0.4, 0.5) is 0 Å². The fraction of sp³-hybridized carbons (Fsp3) is 0.550. The first-order valence-corrected chi connectivity index (χ1v) is 10.1. The number of allylic oxidation sites excluding steroid dienone is 1. The van der Waals surface area contributed by atoms with Crippen molar-refractivity contribution >= 4 is 17.7 Å². The molecule has 0 aliphatic heterocycles. The van der Waals surface area contributed by atoms with Crippen molar-refractivity contribution < 1.29 is 4.79 Å². The van der Waals surface area contributed by atoms with Crippen molar-refractivity contribution in [2.24, 2.45) is 5.73 Å². The minimum atomic E-state index is 0.0161.